The zero-order valence-corrected chi connectivity index (χ0v) is 15.7. The van der Waals surface area contributed by atoms with Crippen molar-refractivity contribution in [2.45, 2.75) is 52.6 Å². The van der Waals surface area contributed by atoms with Gasteiger partial charge in [-0.25, -0.2) is 0 Å². The summed E-state index contributed by atoms with van der Waals surface area (Å²) in [6.45, 7) is 9.13. The van der Waals surface area contributed by atoms with Crippen molar-refractivity contribution in [3.63, 3.8) is 0 Å². The topological polar surface area (TPSA) is 47.6 Å². The highest BCUT2D eigenvalue weighted by molar-refractivity contribution is 6.06. The van der Waals surface area contributed by atoms with Crippen LogP contribution in [0, 0.1) is 0 Å². The summed E-state index contributed by atoms with van der Waals surface area (Å²) in [7, 11) is 0. The van der Waals surface area contributed by atoms with Crippen molar-refractivity contribution in [3.05, 3.63) is 36.4 Å². The fourth-order valence-electron chi connectivity index (χ4n) is 2.97. The van der Waals surface area contributed by atoms with Gasteiger partial charge in [-0.15, -0.1) is 0 Å². The quantitative estimate of drug-likeness (QED) is 0.684. The summed E-state index contributed by atoms with van der Waals surface area (Å²) in [5.74, 6) is 0.728. The fraction of sp³-hybridized carbons (Fsp3) is 0.476. The lowest BCUT2D eigenvalue weighted by atomic mass is 9.98. The summed E-state index contributed by atoms with van der Waals surface area (Å²) >= 11 is 0. The molecule has 4 heteroatoms. The maximum Gasteiger partial charge on any atom is 0.256 e. The predicted molar refractivity (Wildman–Crippen MR) is 103 cm³/mol. The normalized spacial score (nSPS) is 13.4. The largest absolute Gasteiger partial charge is 0.493 e. The summed E-state index contributed by atoms with van der Waals surface area (Å²) in [6, 6.07) is 11.8. The molecule has 0 saturated heterocycles. The van der Waals surface area contributed by atoms with Crippen molar-refractivity contribution in [2.24, 2.45) is 0 Å². The molecule has 1 atom stereocenters. The van der Waals surface area contributed by atoms with Gasteiger partial charge in [-0.3, -0.25) is 4.79 Å². The van der Waals surface area contributed by atoms with Gasteiger partial charge in [-0.1, -0.05) is 44.5 Å². The van der Waals surface area contributed by atoms with Crippen molar-refractivity contribution < 1.29 is 14.3 Å². The number of nitrogens with one attached hydrogen (secondary N) is 1. The van der Waals surface area contributed by atoms with E-state index in [-0.39, 0.29) is 5.91 Å². The van der Waals surface area contributed by atoms with Crippen LogP contribution in [0.1, 0.15) is 47.0 Å². The molecule has 25 heavy (non-hydrogen) atoms. The minimum atomic E-state index is -0.815. The Kier molecular flexibility index (Phi) is 6.82. The van der Waals surface area contributed by atoms with E-state index in [2.05, 4.69) is 12.2 Å². The smallest absolute Gasteiger partial charge is 0.256 e. The van der Waals surface area contributed by atoms with Crippen LogP contribution in [-0.2, 0) is 9.53 Å². The third-order valence-electron chi connectivity index (χ3n) is 4.26. The third kappa shape index (κ3) is 4.51. The minimum Gasteiger partial charge on any atom is -0.493 e. The molecule has 0 fully saturated rings. The Balaban J connectivity index is 2.32. The van der Waals surface area contributed by atoms with E-state index >= 15 is 0 Å². The van der Waals surface area contributed by atoms with Crippen LogP contribution in [0.5, 0.6) is 5.75 Å². The van der Waals surface area contributed by atoms with Crippen molar-refractivity contribution in [1.82, 2.24) is 0 Å². The summed E-state index contributed by atoms with van der Waals surface area (Å²) in [4.78, 5) is 12.9. The number of amides is 1. The number of fused-ring (bicyclic) bond motifs is 1. The number of anilines is 1. The zero-order chi connectivity index (χ0) is 18.3. The standard InChI is InChI=1S/C21H29NO3/c1-5-14-21(4,25-15-6-2)20(23)22-18-12-13-19(24-7-3)17-11-9-8-10-16(17)18/h8-13H,5-7,14-15H2,1-4H3,(H,22,23)/t21-/m1/s1. The third-order valence-corrected chi connectivity index (χ3v) is 4.26. The molecule has 0 unspecified atom stereocenters. The van der Waals surface area contributed by atoms with Gasteiger partial charge in [0.05, 0.1) is 6.61 Å². The SMILES string of the molecule is CCCO[C@](C)(CCC)C(=O)Nc1ccc(OCC)c2ccccc12. The van der Waals surface area contributed by atoms with Gasteiger partial charge in [0.25, 0.3) is 5.91 Å². The predicted octanol–water partition coefficient (Wildman–Crippen LogP) is 5.16. The highest BCUT2D eigenvalue weighted by Gasteiger charge is 2.33. The van der Waals surface area contributed by atoms with Crippen LogP contribution >= 0.6 is 0 Å². The number of hydrogen-bond donors (Lipinski definition) is 1. The monoisotopic (exact) mass is 343 g/mol. The second kappa shape index (κ2) is 8.86. The molecule has 0 radical (unpaired) electrons. The fourth-order valence-corrected chi connectivity index (χ4v) is 2.97. The first kappa shape index (κ1) is 19.3. The minimum absolute atomic E-state index is 0.0999. The highest BCUT2D eigenvalue weighted by atomic mass is 16.5. The summed E-state index contributed by atoms with van der Waals surface area (Å²) in [5, 5.41) is 5.03. The van der Waals surface area contributed by atoms with Crippen LogP contribution in [0.25, 0.3) is 10.8 Å². The van der Waals surface area contributed by atoms with Crippen molar-refractivity contribution in [3.8, 4) is 5.75 Å². The van der Waals surface area contributed by atoms with Crippen molar-refractivity contribution in [2.75, 3.05) is 18.5 Å². The molecule has 0 spiro atoms. The molecule has 0 aliphatic rings. The molecule has 1 N–H and O–H groups in total. The molecule has 4 nitrogen and oxygen atoms in total. The maximum absolute atomic E-state index is 12.9. The first-order chi connectivity index (χ1) is 12.1. The number of carbonyl (C=O) groups is 1. The van der Waals surface area contributed by atoms with E-state index in [1.165, 1.54) is 0 Å². The summed E-state index contributed by atoms with van der Waals surface area (Å²) < 4.78 is 11.6. The Bertz CT molecular complexity index is 713. The van der Waals surface area contributed by atoms with Gasteiger partial charge in [0, 0.05) is 23.1 Å². The van der Waals surface area contributed by atoms with Crippen LogP contribution in [0.4, 0.5) is 5.69 Å². The Morgan fingerprint density at radius 1 is 1.04 bits per heavy atom. The molecule has 0 bridgehead atoms. The Labute approximate surface area is 150 Å². The van der Waals surface area contributed by atoms with Gasteiger partial charge in [0.1, 0.15) is 11.4 Å². The lowest BCUT2D eigenvalue weighted by Gasteiger charge is -2.28. The van der Waals surface area contributed by atoms with Crippen LogP contribution in [-0.4, -0.2) is 24.7 Å². The maximum atomic E-state index is 12.9. The molecular formula is C21H29NO3. The van der Waals surface area contributed by atoms with E-state index in [1.807, 2.05) is 57.2 Å². The van der Waals surface area contributed by atoms with Crippen molar-refractivity contribution in [1.29, 1.82) is 0 Å². The average Bonchev–Trinajstić information content (AvgIpc) is 2.62. The van der Waals surface area contributed by atoms with Crippen LogP contribution in [0.15, 0.2) is 36.4 Å². The molecule has 0 saturated carbocycles. The first-order valence-corrected chi connectivity index (χ1v) is 9.15. The first-order valence-electron chi connectivity index (χ1n) is 9.15. The van der Waals surface area contributed by atoms with Crippen molar-refractivity contribution >= 4 is 22.4 Å². The molecule has 136 valence electrons. The number of rotatable bonds is 9. The van der Waals surface area contributed by atoms with E-state index in [0.717, 1.165) is 35.1 Å². The second-order valence-corrected chi connectivity index (χ2v) is 6.37. The van der Waals surface area contributed by atoms with Gasteiger partial charge < -0.3 is 14.8 Å². The van der Waals surface area contributed by atoms with E-state index < -0.39 is 5.60 Å². The number of benzene rings is 2. The molecular weight excluding hydrogens is 314 g/mol. The van der Waals surface area contributed by atoms with Gasteiger partial charge in [-0.2, -0.15) is 0 Å². The van der Waals surface area contributed by atoms with Gasteiger partial charge in [0.15, 0.2) is 0 Å². The number of hydrogen-bond acceptors (Lipinski definition) is 3. The van der Waals surface area contributed by atoms with Gasteiger partial charge in [0.2, 0.25) is 0 Å². The van der Waals surface area contributed by atoms with Gasteiger partial charge in [-0.05, 0) is 38.8 Å². The molecule has 0 aromatic heterocycles. The van der Waals surface area contributed by atoms with Crippen LogP contribution < -0.4 is 10.1 Å². The number of ether oxygens (including phenoxy) is 2. The second-order valence-electron chi connectivity index (χ2n) is 6.37. The van der Waals surface area contributed by atoms with Crippen LogP contribution in [0.3, 0.4) is 0 Å². The molecule has 0 heterocycles. The van der Waals surface area contributed by atoms with E-state index in [0.29, 0.717) is 19.6 Å². The molecule has 0 aliphatic heterocycles. The average molecular weight is 343 g/mol. The Hall–Kier alpha value is -2.07. The molecule has 1 amide bonds. The van der Waals surface area contributed by atoms with E-state index in [1.54, 1.807) is 0 Å². The Morgan fingerprint density at radius 2 is 1.76 bits per heavy atom. The lowest BCUT2D eigenvalue weighted by molar-refractivity contribution is -0.140. The van der Waals surface area contributed by atoms with E-state index in [9.17, 15) is 4.79 Å². The van der Waals surface area contributed by atoms with E-state index in [4.69, 9.17) is 9.47 Å². The zero-order valence-electron chi connectivity index (χ0n) is 15.7. The summed E-state index contributed by atoms with van der Waals surface area (Å²) in [5.41, 5.74) is -0.0312. The molecule has 2 rings (SSSR count). The summed E-state index contributed by atoms with van der Waals surface area (Å²) in [6.07, 6.45) is 2.46. The highest BCUT2D eigenvalue weighted by Crippen LogP contribution is 2.32. The van der Waals surface area contributed by atoms with Crippen LogP contribution in [0.2, 0.25) is 0 Å². The van der Waals surface area contributed by atoms with Gasteiger partial charge >= 0.3 is 0 Å². The molecule has 2 aromatic rings. The Morgan fingerprint density at radius 3 is 2.40 bits per heavy atom. The molecule has 2 aromatic carbocycles. The number of carbonyl (C=O) groups excluding carboxylic acids is 1. The molecule has 0 aliphatic carbocycles. The lowest BCUT2D eigenvalue weighted by Crippen LogP contribution is -2.43.